The van der Waals surface area contributed by atoms with Crippen LogP contribution in [-0.4, -0.2) is 63.7 Å². The lowest BCUT2D eigenvalue weighted by Gasteiger charge is -2.31. The second-order valence-corrected chi connectivity index (χ2v) is 10.3. The lowest BCUT2D eigenvalue weighted by atomic mass is 9.83. The number of hydrogen-bond donors (Lipinski definition) is 5. The van der Waals surface area contributed by atoms with Crippen molar-refractivity contribution in [2.45, 2.75) is 37.4 Å². The predicted molar refractivity (Wildman–Crippen MR) is 159 cm³/mol. The highest BCUT2D eigenvalue weighted by molar-refractivity contribution is 6.15. The zero-order chi connectivity index (χ0) is 32.9. The van der Waals surface area contributed by atoms with Gasteiger partial charge in [0, 0.05) is 17.7 Å². The molecule has 1 heterocycles. The van der Waals surface area contributed by atoms with Crippen LogP contribution in [0.4, 0.5) is 10.5 Å². The number of amides is 4. The van der Waals surface area contributed by atoms with Crippen LogP contribution < -0.4 is 21.7 Å². The second-order valence-electron chi connectivity index (χ2n) is 10.3. The molecule has 232 valence electrons. The lowest BCUT2D eigenvalue weighted by Crippen LogP contribution is -2.56. The number of nitrogens with one attached hydrogen (secondary N) is 2. The van der Waals surface area contributed by atoms with Gasteiger partial charge in [-0.15, -0.1) is 0 Å². The number of Topliss-reactive ketones (excluding diaryl/α,β-unsaturated/α-hetero) is 1. The van der Waals surface area contributed by atoms with E-state index >= 15 is 0 Å². The summed E-state index contributed by atoms with van der Waals surface area (Å²) in [5.74, 6) is -6.07. The molecule has 7 N–H and O–H groups in total. The van der Waals surface area contributed by atoms with E-state index in [1.54, 1.807) is 36.4 Å². The summed E-state index contributed by atoms with van der Waals surface area (Å²) in [6.45, 7) is 0.986. The molecular weight excluding hydrogens is 584 g/mol. The topological polar surface area (TPSA) is 226 Å². The van der Waals surface area contributed by atoms with Crippen LogP contribution >= 0.6 is 0 Å². The fraction of sp³-hybridized carbons (Fsp3) is 0.194. The molecule has 3 aromatic rings. The van der Waals surface area contributed by atoms with Gasteiger partial charge < -0.3 is 26.7 Å². The molecule has 0 aromatic heterocycles. The molecule has 3 aromatic carbocycles. The molecule has 1 aliphatic heterocycles. The van der Waals surface area contributed by atoms with Crippen LogP contribution in [0.2, 0.25) is 0 Å². The first kappa shape index (κ1) is 32.0. The molecule has 0 spiro atoms. The van der Waals surface area contributed by atoms with E-state index in [-0.39, 0.29) is 28.6 Å². The van der Waals surface area contributed by atoms with Crippen molar-refractivity contribution >= 4 is 47.1 Å². The average Bonchev–Trinajstić information content (AvgIpc) is 3.24. The number of para-hydroxylation sites is 1. The zero-order valence-corrected chi connectivity index (χ0v) is 24.0. The SMILES string of the molecule is CC(=O)[C@@H](C(=O)ON1C(=O)N[C@](Cc2ccccc2)(c2ccc(C(=N)N)cc2)C1=O)N(C(=O)[C@@H](N)CC(=O)O)c1ccccc1. The molecule has 0 radical (unpaired) electrons. The molecule has 1 saturated heterocycles. The number of aliphatic carboxylic acids is 1. The summed E-state index contributed by atoms with van der Waals surface area (Å²) in [5.41, 5.74) is 10.9. The summed E-state index contributed by atoms with van der Waals surface area (Å²) >= 11 is 0. The highest BCUT2D eigenvalue weighted by atomic mass is 16.7. The van der Waals surface area contributed by atoms with E-state index in [0.29, 0.717) is 16.0 Å². The van der Waals surface area contributed by atoms with E-state index in [1.165, 1.54) is 48.5 Å². The number of nitrogens with zero attached hydrogens (tertiary/aromatic N) is 2. The zero-order valence-electron chi connectivity index (χ0n) is 24.0. The Balaban J connectivity index is 1.72. The van der Waals surface area contributed by atoms with Crippen molar-refractivity contribution in [2.24, 2.45) is 11.5 Å². The third-order valence-corrected chi connectivity index (χ3v) is 7.09. The maximum Gasteiger partial charge on any atom is 0.363 e. The van der Waals surface area contributed by atoms with Crippen LogP contribution in [0.15, 0.2) is 84.9 Å². The third-order valence-electron chi connectivity index (χ3n) is 7.09. The Labute approximate surface area is 257 Å². The van der Waals surface area contributed by atoms with Gasteiger partial charge in [0.15, 0.2) is 17.4 Å². The Morgan fingerprint density at radius 2 is 1.56 bits per heavy atom. The number of rotatable bonds is 12. The number of carboxylic acid groups (broad SMARTS) is 1. The highest BCUT2D eigenvalue weighted by Gasteiger charge is 2.55. The maximum atomic E-state index is 14.0. The van der Waals surface area contributed by atoms with Crippen molar-refractivity contribution in [3.63, 3.8) is 0 Å². The maximum absolute atomic E-state index is 14.0. The summed E-state index contributed by atoms with van der Waals surface area (Å²) in [6, 6.07) is 17.3. The summed E-state index contributed by atoms with van der Waals surface area (Å²) in [7, 11) is 0. The summed E-state index contributed by atoms with van der Waals surface area (Å²) in [4.78, 5) is 84.4. The van der Waals surface area contributed by atoms with E-state index in [9.17, 15) is 28.8 Å². The monoisotopic (exact) mass is 614 g/mol. The largest absolute Gasteiger partial charge is 0.481 e. The van der Waals surface area contributed by atoms with E-state index in [2.05, 4.69) is 5.32 Å². The van der Waals surface area contributed by atoms with Gasteiger partial charge in [0.1, 0.15) is 5.84 Å². The molecule has 45 heavy (non-hydrogen) atoms. The normalized spacial score (nSPS) is 17.2. The molecule has 0 saturated carbocycles. The van der Waals surface area contributed by atoms with Crippen molar-refractivity contribution in [1.29, 1.82) is 5.41 Å². The van der Waals surface area contributed by atoms with Gasteiger partial charge in [0.25, 0.3) is 5.91 Å². The van der Waals surface area contributed by atoms with E-state index < -0.39 is 59.6 Å². The number of hydroxylamine groups is 2. The van der Waals surface area contributed by atoms with Gasteiger partial charge in [-0.2, -0.15) is 0 Å². The quantitative estimate of drug-likeness (QED) is 0.0848. The van der Waals surface area contributed by atoms with Crippen LogP contribution in [0.5, 0.6) is 0 Å². The van der Waals surface area contributed by atoms with E-state index in [4.69, 9.17) is 26.8 Å². The van der Waals surface area contributed by atoms with Gasteiger partial charge in [0.2, 0.25) is 5.91 Å². The number of hydrogen-bond acceptors (Lipinski definition) is 9. The number of urea groups is 1. The van der Waals surface area contributed by atoms with Crippen LogP contribution in [-0.2, 0) is 40.8 Å². The molecule has 1 aliphatic rings. The first-order valence-corrected chi connectivity index (χ1v) is 13.6. The van der Waals surface area contributed by atoms with Crippen molar-refractivity contribution in [1.82, 2.24) is 10.4 Å². The fourth-order valence-corrected chi connectivity index (χ4v) is 4.93. The van der Waals surface area contributed by atoms with Gasteiger partial charge in [-0.05, 0) is 30.2 Å². The van der Waals surface area contributed by atoms with Crippen LogP contribution in [0.25, 0.3) is 0 Å². The molecule has 14 nitrogen and oxygen atoms in total. The number of amidine groups is 1. The summed E-state index contributed by atoms with van der Waals surface area (Å²) < 4.78 is 0. The minimum Gasteiger partial charge on any atom is -0.481 e. The first-order chi connectivity index (χ1) is 21.4. The number of anilines is 1. The van der Waals surface area contributed by atoms with E-state index in [1.807, 2.05) is 0 Å². The highest BCUT2D eigenvalue weighted by Crippen LogP contribution is 2.34. The number of nitrogen functional groups attached to an aromatic ring is 1. The number of carbonyl (C=O) groups is 6. The van der Waals surface area contributed by atoms with Gasteiger partial charge in [-0.1, -0.05) is 77.9 Å². The second kappa shape index (κ2) is 13.2. The van der Waals surface area contributed by atoms with Crippen LogP contribution in [0.1, 0.15) is 30.0 Å². The molecule has 0 aliphatic carbocycles. The number of carbonyl (C=O) groups excluding carboxylic acids is 5. The Morgan fingerprint density at radius 1 is 0.978 bits per heavy atom. The lowest BCUT2D eigenvalue weighted by molar-refractivity contribution is -0.186. The van der Waals surface area contributed by atoms with Crippen molar-refractivity contribution < 1.29 is 38.7 Å². The van der Waals surface area contributed by atoms with Crippen LogP contribution in [0.3, 0.4) is 0 Å². The molecule has 14 heteroatoms. The number of imide groups is 1. The van der Waals surface area contributed by atoms with Crippen LogP contribution in [0, 0.1) is 5.41 Å². The molecule has 4 rings (SSSR count). The van der Waals surface area contributed by atoms with Crippen molar-refractivity contribution in [3.05, 3.63) is 102 Å². The number of ketones is 1. The van der Waals surface area contributed by atoms with Gasteiger partial charge >= 0.3 is 18.0 Å². The number of carboxylic acids is 1. The first-order valence-electron chi connectivity index (χ1n) is 13.6. The molecule has 4 amide bonds. The molecule has 3 atom stereocenters. The number of nitrogens with two attached hydrogens (primary N) is 2. The Morgan fingerprint density at radius 3 is 2.09 bits per heavy atom. The average molecular weight is 615 g/mol. The number of benzene rings is 3. The fourth-order valence-electron chi connectivity index (χ4n) is 4.93. The summed E-state index contributed by atoms with van der Waals surface area (Å²) in [6.07, 6.45) is -0.875. The van der Waals surface area contributed by atoms with Crippen molar-refractivity contribution in [3.8, 4) is 0 Å². The Kier molecular flexibility index (Phi) is 9.38. The third kappa shape index (κ3) is 6.70. The van der Waals surface area contributed by atoms with Gasteiger partial charge in [-0.3, -0.25) is 29.5 Å². The van der Waals surface area contributed by atoms with Crippen molar-refractivity contribution in [2.75, 3.05) is 4.90 Å². The molecule has 1 fully saturated rings. The minimum absolute atomic E-state index is 0.0154. The standard InChI is InChI=1S/C31H30N6O8/c1-18(38)25(36(22-10-6-3-7-11-22)27(41)23(32)16-24(39)40)28(42)45-37-29(43)31(35-30(37)44,17-19-8-4-2-5-9-19)21-14-12-20(13-15-21)26(33)34/h2-15,23,25H,16-17,32H2,1H3,(H3,33,34)(H,35,44)(H,39,40)/t23-,25-,31+/m0/s1. The smallest absolute Gasteiger partial charge is 0.363 e. The predicted octanol–water partition coefficient (Wildman–Crippen LogP) is 1.21. The van der Waals surface area contributed by atoms with E-state index in [0.717, 1.165) is 6.92 Å². The molecule has 0 bridgehead atoms. The van der Waals surface area contributed by atoms with Gasteiger partial charge in [0.05, 0.1) is 12.5 Å². The Bertz CT molecular complexity index is 1650. The summed E-state index contributed by atoms with van der Waals surface area (Å²) in [5, 5.41) is 19.6. The minimum atomic E-state index is -2.04. The molecule has 0 unspecified atom stereocenters. The van der Waals surface area contributed by atoms with Gasteiger partial charge in [-0.25, -0.2) is 9.59 Å². The molecular formula is C31H30N6O8. The Hall–Kier alpha value is -5.89.